The van der Waals surface area contributed by atoms with Crippen molar-refractivity contribution in [1.29, 1.82) is 0 Å². The first kappa shape index (κ1) is 21.0. The van der Waals surface area contributed by atoms with Crippen LogP contribution in [0.15, 0.2) is 47.4 Å². The standard InChI is InChI=1S/C20H20ClNO4S/c1-12-8-9-15(21)10-17(12)22-19(24)14(3)26-20(25)16-6-4-5-7-18(16)27-11-13(2)23/h4-10,14H,11H2,1-3H3,(H,22,24)/t14-/m1/s1. The van der Waals surface area contributed by atoms with Gasteiger partial charge < -0.3 is 10.1 Å². The molecule has 0 aliphatic carbocycles. The largest absolute Gasteiger partial charge is 0.449 e. The maximum Gasteiger partial charge on any atom is 0.340 e. The van der Waals surface area contributed by atoms with E-state index in [0.29, 0.717) is 21.2 Å². The third kappa shape index (κ3) is 6.12. The van der Waals surface area contributed by atoms with E-state index in [2.05, 4.69) is 5.32 Å². The van der Waals surface area contributed by atoms with Crippen LogP contribution in [0.4, 0.5) is 5.69 Å². The summed E-state index contributed by atoms with van der Waals surface area (Å²) in [5, 5.41) is 3.21. The van der Waals surface area contributed by atoms with Gasteiger partial charge in [-0.25, -0.2) is 4.79 Å². The lowest BCUT2D eigenvalue weighted by molar-refractivity contribution is -0.123. The molecule has 0 heterocycles. The average Bonchev–Trinajstić information content (AvgIpc) is 2.63. The number of halogens is 1. The van der Waals surface area contributed by atoms with Crippen LogP contribution >= 0.6 is 23.4 Å². The maximum atomic E-state index is 12.5. The first-order valence-corrected chi connectivity index (χ1v) is 9.63. The number of thioether (sulfide) groups is 1. The Labute approximate surface area is 167 Å². The number of hydrogen-bond donors (Lipinski definition) is 1. The van der Waals surface area contributed by atoms with Crippen LogP contribution in [0.2, 0.25) is 5.02 Å². The minimum Gasteiger partial charge on any atom is -0.449 e. The number of amides is 1. The van der Waals surface area contributed by atoms with Crippen molar-refractivity contribution in [2.45, 2.75) is 31.8 Å². The fourth-order valence-electron chi connectivity index (χ4n) is 2.18. The third-order valence-corrected chi connectivity index (χ3v) is 5.10. The van der Waals surface area contributed by atoms with Gasteiger partial charge in [0.15, 0.2) is 6.10 Å². The molecule has 1 atom stereocenters. The monoisotopic (exact) mass is 405 g/mol. The van der Waals surface area contributed by atoms with E-state index in [0.717, 1.165) is 5.56 Å². The Bertz CT molecular complexity index is 869. The van der Waals surface area contributed by atoms with E-state index in [1.807, 2.05) is 6.92 Å². The topological polar surface area (TPSA) is 72.5 Å². The molecular formula is C20H20ClNO4S. The second-order valence-electron chi connectivity index (χ2n) is 5.98. The zero-order chi connectivity index (χ0) is 20.0. The Morgan fingerprint density at radius 2 is 1.89 bits per heavy atom. The van der Waals surface area contributed by atoms with Gasteiger partial charge in [-0.2, -0.15) is 0 Å². The summed E-state index contributed by atoms with van der Waals surface area (Å²) >= 11 is 7.21. The minimum atomic E-state index is -0.998. The normalized spacial score (nSPS) is 11.6. The van der Waals surface area contributed by atoms with Crippen LogP contribution < -0.4 is 5.32 Å². The summed E-state index contributed by atoms with van der Waals surface area (Å²) in [5.41, 5.74) is 1.73. The summed E-state index contributed by atoms with van der Waals surface area (Å²) in [5.74, 6) is -0.809. The number of ether oxygens (including phenoxy) is 1. The van der Waals surface area contributed by atoms with E-state index >= 15 is 0 Å². The van der Waals surface area contributed by atoms with E-state index in [1.54, 1.807) is 42.5 Å². The number of esters is 1. The van der Waals surface area contributed by atoms with Crippen molar-refractivity contribution in [1.82, 2.24) is 0 Å². The van der Waals surface area contributed by atoms with Gasteiger partial charge in [0.05, 0.1) is 11.3 Å². The highest BCUT2D eigenvalue weighted by atomic mass is 35.5. The van der Waals surface area contributed by atoms with Crippen molar-refractivity contribution in [2.24, 2.45) is 0 Å². The van der Waals surface area contributed by atoms with Crippen LogP contribution in [-0.4, -0.2) is 29.5 Å². The fourth-order valence-corrected chi connectivity index (χ4v) is 3.19. The molecule has 0 aliphatic heterocycles. The Kier molecular flexibility index (Phi) is 7.45. The van der Waals surface area contributed by atoms with Gasteiger partial charge in [-0.05, 0) is 50.6 Å². The second-order valence-corrected chi connectivity index (χ2v) is 7.44. The molecule has 5 nitrogen and oxygen atoms in total. The Hall–Kier alpha value is -2.31. The molecule has 0 unspecified atom stereocenters. The highest BCUT2D eigenvalue weighted by Gasteiger charge is 2.21. The van der Waals surface area contributed by atoms with Crippen LogP contribution in [0.5, 0.6) is 0 Å². The summed E-state index contributed by atoms with van der Waals surface area (Å²) in [7, 11) is 0. The molecule has 7 heteroatoms. The van der Waals surface area contributed by atoms with Crippen LogP contribution in [-0.2, 0) is 14.3 Å². The van der Waals surface area contributed by atoms with Crippen molar-refractivity contribution in [2.75, 3.05) is 11.1 Å². The molecule has 0 aliphatic rings. The van der Waals surface area contributed by atoms with Gasteiger partial charge >= 0.3 is 5.97 Å². The molecule has 0 saturated heterocycles. The number of rotatable bonds is 7. The summed E-state index contributed by atoms with van der Waals surface area (Å²) in [4.78, 5) is 36.7. The van der Waals surface area contributed by atoms with Crippen molar-refractivity contribution in [3.8, 4) is 0 Å². The van der Waals surface area contributed by atoms with Gasteiger partial charge in [0.25, 0.3) is 5.91 Å². The summed E-state index contributed by atoms with van der Waals surface area (Å²) in [6.45, 7) is 4.82. The first-order valence-electron chi connectivity index (χ1n) is 8.27. The van der Waals surface area contributed by atoms with E-state index < -0.39 is 18.0 Å². The zero-order valence-corrected chi connectivity index (χ0v) is 16.8. The first-order chi connectivity index (χ1) is 12.8. The number of benzene rings is 2. The lowest BCUT2D eigenvalue weighted by Gasteiger charge is -2.16. The van der Waals surface area contributed by atoms with Crippen molar-refractivity contribution in [3.63, 3.8) is 0 Å². The van der Waals surface area contributed by atoms with Crippen LogP contribution in [0.25, 0.3) is 0 Å². The molecule has 2 aromatic carbocycles. The maximum absolute atomic E-state index is 12.5. The molecule has 0 bridgehead atoms. The zero-order valence-electron chi connectivity index (χ0n) is 15.2. The van der Waals surface area contributed by atoms with E-state index in [1.165, 1.54) is 25.6 Å². The molecule has 0 aromatic heterocycles. The fraction of sp³-hybridized carbons (Fsp3) is 0.250. The third-order valence-electron chi connectivity index (χ3n) is 3.65. The smallest absolute Gasteiger partial charge is 0.340 e. The molecule has 1 amide bonds. The van der Waals surface area contributed by atoms with E-state index in [9.17, 15) is 14.4 Å². The van der Waals surface area contributed by atoms with Crippen molar-refractivity contribution in [3.05, 3.63) is 58.6 Å². The molecule has 0 saturated carbocycles. The van der Waals surface area contributed by atoms with Gasteiger partial charge in [-0.1, -0.05) is 29.8 Å². The second kappa shape index (κ2) is 9.58. The number of ketones is 1. The highest BCUT2D eigenvalue weighted by Crippen LogP contribution is 2.24. The van der Waals surface area contributed by atoms with E-state index in [-0.39, 0.29) is 11.5 Å². The lowest BCUT2D eigenvalue weighted by atomic mass is 10.2. The summed E-state index contributed by atoms with van der Waals surface area (Å²) in [6, 6.07) is 12.0. The molecular weight excluding hydrogens is 386 g/mol. The Morgan fingerprint density at radius 3 is 2.59 bits per heavy atom. The number of carbonyl (C=O) groups excluding carboxylic acids is 3. The predicted octanol–water partition coefficient (Wildman–Crippen LogP) is 4.51. The van der Waals surface area contributed by atoms with Crippen molar-refractivity contribution >= 4 is 46.7 Å². The van der Waals surface area contributed by atoms with Crippen LogP contribution in [0.3, 0.4) is 0 Å². The minimum absolute atomic E-state index is 0.00723. The number of hydrogen-bond acceptors (Lipinski definition) is 5. The number of Topliss-reactive ketones (excluding diaryl/α,β-unsaturated/α-hetero) is 1. The van der Waals surface area contributed by atoms with Crippen LogP contribution in [0.1, 0.15) is 29.8 Å². The van der Waals surface area contributed by atoms with Gasteiger partial charge in [-0.3, -0.25) is 9.59 Å². The number of anilines is 1. The van der Waals surface area contributed by atoms with Crippen molar-refractivity contribution < 1.29 is 19.1 Å². The quantitative estimate of drug-likeness (QED) is 0.541. The number of nitrogens with one attached hydrogen (secondary N) is 1. The molecule has 1 N–H and O–H groups in total. The molecule has 0 fully saturated rings. The number of carbonyl (C=O) groups is 3. The Morgan fingerprint density at radius 1 is 1.19 bits per heavy atom. The summed E-state index contributed by atoms with van der Waals surface area (Å²) < 4.78 is 5.31. The molecule has 2 rings (SSSR count). The van der Waals surface area contributed by atoms with Crippen LogP contribution in [0, 0.1) is 6.92 Å². The molecule has 142 valence electrons. The average molecular weight is 406 g/mol. The molecule has 2 aromatic rings. The SMILES string of the molecule is CC(=O)CSc1ccccc1C(=O)O[C@H](C)C(=O)Nc1cc(Cl)ccc1C. The predicted molar refractivity (Wildman–Crippen MR) is 108 cm³/mol. The lowest BCUT2D eigenvalue weighted by Crippen LogP contribution is -2.30. The van der Waals surface area contributed by atoms with Gasteiger partial charge in [0, 0.05) is 15.6 Å². The number of aryl methyl sites for hydroxylation is 1. The molecule has 27 heavy (non-hydrogen) atoms. The highest BCUT2D eigenvalue weighted by molar-refractivity contribution is 8.00. The van der Waals surface area contributed by atoms with Gasteiger partial charge in [0.1, 0.15) is 5.78 Å². The van der Waals surface area contributed by atoms with Gasteiger partial charge in [0.2, 0.25) is 0 Å². The molecule has 0 radical (unpaired) electrons. The van der Waals surface area contributed by atoms with E-state index in [4.69, 9.17) is 16.3 Å². The molecule has 0 spiro atoms. The Balaban J connectivity index is 2.05. The van der Waals surface area contributed by atoms with Gasteiger partial charge in [-0.15, -0.1) is 11.8 Å². The summed E-state index contributed by atoms with van der Waals surface area (Å²) in [6.07, 6.45) is -0.998.